The molecule has 0 spiro atoms. The zero-order valence-electron chi connectivity index (χ0n) is 6.58. The van der Waals surface area contributed by atoms with Crippen molar-refractivity contribution >= 4 is 11.3 Å². The van der Waals surface area contributed by atoms with Crippen molar-refractivity contribution < 1.29 is 5.11 Å². The van der Waals surface area contributed by atoms with Crippen molar-refractivity contribution in [2.45, 2.75) is 26.0 Å². The second-order valence-corrected chi connectivity index (χ2v) is 3.63. The number of aliphatic hydroxyl groups is 1. The molecule has 3 heteroatoms. The van der Waals surface area contributed by atoms with Crippen molar-refractivity contribution in [3.63, 3.8) is 0 Å². The van der Waals surface area contributed by atoms with E-state index in [9.17, 15) is 5.11 Å². The fraction of sp³-hybridized carbons (Fsp3) is 0.500. The van der Waals surface area contributed by atoms with Gasteiger partial charge in [0, 0.05) is 16.3 Å². The van der Waals surface area contributed by atoms with Crippen LogP contribution < -0.4 is 5.73 Å². The Labute approximate surface area is 70.7 Å². The summed E-state index contributed by atoms with van der Waals surface area (Å²) in [5.74, 6) is 0. The van der Waals surface area contributed by atoms with Crippen LogP contribution in [0.1, 0.15) is 29.2 Å². The summed E-state index contributed by atoms with van der Waals surface area (Å²) in [5.41, 5.74) is 5.43. The van der Waals surface area contributed by atoms with Gasteiger partial charge in [0.15, 0.2) is 0 Å². The molecule has 0 aliphatic carbocycles. The van der Waals surface area contributed by atoms with Crippen LogP contribution >= 0.6 is 11.3 Å². The first-order chi connectivity index (χ1) is 5.27. The summed E-state index contributed by atoms with van der Waals surface area (Å²) in [6.07, 6.45) is 0.463. The van der Waals surface area contributed by atoms with Gasteiger partial charge in [0.25, 0.3) is 0 Å². The molecule has 0 aliphatic heterocycles. The molecule has 62 valence electrons. The summed E-state index contributed by atoms with van der Waals surface area (Å²) in [6, 6.07) is 3.92. The van der Waals surface area contributed by atoms with E-state index in [1.54, 1.807) is 11.3 Å². The van der Waals surface area contributed by atoms with Gasteiger partial charge in [0.05, 0.1) is 6.10 Å². The average molecular weight is 171 g/mol. The molecule has 1 heterocycles. The Morgan fingerprint density at radius 2 is 2.36 bits per heavy atom. The molecule has 1 atom stereocenters. The largest absolute Gasteiger partial charge is 0.388 e. The first kappa shape index (κ1) is 8.71. The highest BCUT2D eigenvalue weighted by atomic mass is 32.1. The number of hydrogen-bond acceptors (Lipinski definition) is 3. The van der Waals surface area contributed by atoms with Crippen molar-refractivity contribution in [2.24, 2.45) is 5.73 Å². The van der Waals surface area contributed by atoms with E-state index in [-0.39, 0.29) is 6.10 Å². The van der Waals surface area contributed by atoms with Crippen molar-refractivity contribution in [3.8, 4) is 0 Å². The third-order valence-electron chi connectivity index (χ3n) is 1.60. The topological polar surface area (TPSA) is 46.2 Å². The molecular formula is C8H13NOS. The monoisotopic (exact) mass is 171 g/mol. The summed E-state index contributed by atoms with van der Waals surface area (Å²) in [5, 5.41) is 9.41. The minimum Gasteiger partial charge on any atom is -0.388 e. The van der Waals surface area contributed by atoms with Crippen LogP contribution in [-0.4, -0.2) is 5.11 Å². The Morgan fingerprint density at radius 3 is 2.82 bits per heavy atom. The number of thiophene rings is 1. The maximum atomic E-state index is 9.41. The van der Waals surface area contributed by atoms with Gasteiger partial charge < -0.3 is 10.8 Å². The van der Waals surface area contributed by atoms with Crippen LogP contribution in [0.25, 0.3) is 0 Å². The highest BCUT2D eigenvalue weighted by molar-refractivity contribution is 7.12. The number of nitrogens with two attached hydrogens (primary N) is 1. The van der Waals surface area contributed by atoms with Crippen LogP contribution in [0.15, 0.2) is 12.1 Å². The average Bonchev–Trinajstić information content (AvgIpc) is 2.50. The molecule has 1 unspecified atom stereocenters. The molecule has 1 aromatic rings. The maximum absolute atomic E-state index is 9.41. The van der Waals surface area contributed by atoms with Gasteiger partial charge in [-0.3, -0.25) is 0 Å². The van der Waals surface area contributed by atoms with Crippen LogP contribution in [-0.2, 0) is 6.54 Å². The lowest BCUT2D eigenvalue weighted by Gasteiger charge is -2.02. The van der Waals surface area contributed by atoms with E-state index in [0.717, 1.165) is 16.2 Å². The Morgan fingerprint density at radius 1 is 1.64 bits per heavy atom. The molecule has 0 amide bonds. The predicted octanol–water partition coefficient (Wildman–Crippen LogP) is 1.65. The fourth-order valence-corrected chi connectivity index (χ4v) is 1.85. The second-order valence-electron chi connectivity index (χ2n) is 2.43. The quantitative estimate of drug-likeness (QED) is 0.726. The van der Waals surface area contributed by atoms with E-state index in [1.807, 2.05) is 19.1 Å². The molecular weight excluding hydrogens is 158 g/mol. The van der Waals surface area contributed by atoms with E-state index in [0.29, 0.717) is 6.54 Å². The smallest absolute Gasteiger partial charge is 0.0879 e. The lowest BCUT2D eigenvalue weighted by molar-refractivity contribution is 0.177. The summed E-state index contributed by atoms with van der Waals surface area (Å²) in [6.45, 7) is 2.54. The van der Waals surface area contributed by atoms with E-state index >= 15 is 0 Å². The van der Waals surface area contributed by atoms with Gasteiger partial charge in [-0.15, -0.1) is 11.3 Å². The molecule has 0 bridgehead atoms. The van der Waals surface area contributed by atoms with Crippen molar-refractivity contribution in [1.82, 2.24) is 0 Å². The van der Waals surface area contributed by atoms with Gasteiger partial charge in [-0.05, 0) is 18.6 Å². The van der Waals surface area contributed by atoms with Crippen LogP contribution in [0.3, 0.4) is 0 Å². The van der Waals surface area contributed by atoms with Crippen molar-refractivity contribution in [1.29, 1.82) is 0 Å². The van der Waals surface area contributed by atoms with Gasteiger partial charge in [0.2, 0.25) is 0 Å². The van der Waals surface area contributed by atoms with Gasteiger partial charge >= 0.3 is 0 Å². The lowest BCUT2D eigenvalue weighted by Crippen LogP contribution is -1.92. The molecule has 1 rings (SSSR count). The lowest BCUT2D eigenvalue weighted by atomic mass is 10.2. The molecule has 0 fully saturated rings. The zero-order chi connectivity index (χ0) is 8.27. The summed E-state index contributed by atoms with van der Waals surface area (Å²) < 4.78 is 0. The molecule has 0 saturated heterocycles. The van der Waals surface area contributed by atoms with Crippen LogP contribution in [0.4, 0.5) is 0 Å². The fourth-order valence-electron chi connectivity index (χ4n) is 0.884. The first-order valence-electron chi connectivity index (χ1n) is 3.74. The third kappa shape index (κ3) is 2.02. The molecule has 1 aromatic heterocycles. The number of rotatable bonds is 3. The van der Waals surface area contributed by atoms with E-state index in [1.165, 1.54) is 0 Å². The second kappa shape index (κ2) is 3.85. The predicted molar refractivity (Wildman–Crippen MR) is 47.5 cm³/mol. The van der Waals surface area contributed by atoms with Gasteiger partial charge in [-0.25, -0.2) is 0 Å². The van der Waals surface area contributed by atoms with Gasteiger partial charge in [0.1, 0.15) is 0 Å². The molecule has 0 aromatic carbocycles. The van der Waals surface area contributed by atoms with Gasteiger partial charge in [-0.2, -0.15) is 0 Å². The number of aliphatic hydroxyl groups excluding tert-OH is 1. The normalized spacial score (nSPS) is 13.4. The Kier molecular flexibility index (Phi) is 3.05. The maximum Gasteiger partial charge on any atom is 0.0879 e. The number of hydrogen-bond donors (Lipinski definition) is 2. The summed E-state index contributed by atoms with van der Waals surface area (Å²) in [7, 11) is 0. The molecule has 11 heavy (non-hydrogen) atoms. The first-order valence-corrected chi connectivity index (χ1v) is 4.56. The highest BCUT2D eigenvalue weighted by Gasteiger charge is 2.06. The SMILES string of the molecule is CCC(O)c1ccc(CN)s1. The minimum absolute atomic E-state index is 0.305. The van der Waals surface area contributed by atoms with Crippen molar-refractivity contribution in [2.75, 3.05) is 0 Å². The van der Waals surface area contributed by atoms with Crippen LogP contribution in [0.5, 0.6) is 0 Å². The standard InChI is InChI=1S/C8H13NOS/c1-2-7(10)8-4-3-6(5-9)11-8/h3-4,7,10H,2,5,9H2,1H3. The molecule has 2 nitrogen and oxygen atoms in total. The Balaban J connectivity index is 2.71. The molecule has 3 N–H and O–H groups in total. The van der Waals surface area contributed by atoms with Gasteiger partial charge in [-0.1, -0.05) is 6.92 Å². The Bertz CT molecular complexity index is 222. The third-order valence-corrected chi connectivity index (χ3v) is 2.81. The Hall–Kier alpha value is -0.380. The summed E-state index contributed by atoms with van der Waals surface area (Å²) in [4.78, 5) is 2.15. The van der Waals surface area contributed by atoms with E-state index in [2.05, 4.69) is 0 Å². The van der Waals surface area contributed by atoms with E-state index < -0.39 is 0 Å². The summed E-state index contributed by atoms with van der Waals surface area (Å²) >= 11 is 1.59. The zero-order valence-corrected chi connectivity index (χ0v) is 7.40. The minimum atomic E-state index is -0.305. The highest BCUT2D eigenvalue weighted by Crippen LogP contribution is 2.24. The van der Waals surface area contributed by atoms with Crippen molar-refractivity contribution in [3.05, 3.63) is 21.9 Å². The van der Waals surface area contributed by atoms with E-state index in [4.69, 9.17) is 5.73 Å². The molecule has 0 aliphatic rings. The van der Waals surface area contributed by atoms with Crippen LogP contribution in [0.2, 0.25) is 0 Å². The molecule has 0 saturated carbocycles. The molecule has 0 radical (unpaired) electrons. The van der Waals surface area contributed by atoms with Crippen LogP contribution in [0, 0.1) is 0 Å².